The highest BCUT2D eigenvalue weighted by Crippen LogP contribution is 2.27. The molecule has 0 spiro atoms. The first kappa shape index (κ1) is 13.0. The summed E-state index contributed by atoms with van der Waals surface area (Å²) in [7, 11) is 0. The lowest BCUT2D eigenvalue weighted by Crippen LogP contribution is -2.31. The summed E-state index contributed by atoms with van der Waals surface area (Å²) in [4.78, 5) is 16.6. The quantitative estimate of drug-likeness (QED) is 0.866. The van der Waals surface area contributed by atoms with Gasteiger partial charge in [0.05, 0.1) is 5.39 Å². The summed E-state index contributed by atoms with van der Waals surface area (Å²) in [5.41, 5.74) is 0.0268. The molecule has 1 aliphatic heterocycles. The predicted octanol–water partition coefficient (Wildman–Crippen LogP) is 3.11. The zero-order valence-corrected chi connectivity index (χ0v) is 12.4. The molecule has 1 aliphatic rings. The van der Waals surface area contributed by atoms with Crippen LogP contribution < -0.4 is 5.56 Å². The molecule has 1 N–H and O–H groups in total. The van der Waals surface area contributed by atoms with Crippen LogP contribution in [-0.4, -0.2) is 22.8 Å². The van der Waals surface area contributed by atoms with Crippen LogP contribution in [0.2, 0.25) is 0 Å². The van der Waals surface area contributed by atoms with Crippen LogP contribution in [0.3, 0.4) is 0 Å². The van der Waals surface area contributed by atoms with Crippen molar-refractivity contribution in [2.75, 3.05) is 13.2 Å². The predicted molar refractivity (Wildman–Crippen MR) is 79.5 cm³/mol. The number of rotatable bonds is 2. The van der Waals surface area contributed by atoms with Crippen molar-refractivity contribution in [3.05, 3.63) is 26.6 Å². The van der Waals surface area contributed by atoms with Gasteiger partial charge in [-0.25, -0.2) is 0 Å². The molecular weight excluding hydrogens is 280 g/mol. The Balaban J connectivity index is 2.08. The minimum absolute atomic E-state index is 0.0268. The highest BCUT2D eigenvalue weighted by atomic mass is 32.1. The van der Waals surface area contributed by atoms with Crippen molar-refractivity contribution in [3.8, 4) is 0 Å². The molecule has 3 heterocycles. The molecular formula is C13H16N2O2S2. The van der Waals surface area contributed by atoms with Gasteiger partial charge in [-0.15, -0.1) is 11.3 Å². The molecule has 3 rings (SSSR count). The Morgan fingerprint density at radius 1 is 1.53 bits per heavy atom. The van der Waals surface area contributed by atoms with Crippen molar-refractivity contribution >= 4 is 33.8 Å². The standard InChI is InChI=1S/C13H16N2O2S2/c1-8(9-2-5-17-6-3-9)15-12(16)10-4-7-19-11(10)14-13(15)18/h4,7-9H,2-3,5-6H2,1H3,(H,14,18). The van der Waals surface area contributed by atoms with Crippen molar-refractivity contribution in [2.45, 2.75) is 25.8 Å². The van der Waals surface area contributed by atoms with E-state index in [1.165, 1.54) is 11.3 Å². The second-order valence-electron chi connectivity index (χ2n) is 4.96. The Morgan fingerprint density at radius 2 is 2.26 bits per heavy atom. The average molecular weight is 296 g/mol. The smallest absolute Gasteiger partial charge is 0.263 e. The van der Waals surface area contributed by atoms with E-state index in [9.17, 15) is 4.79 Å². The summed E-state index contributed by atoms with van der Waals surface area (Å²) in [6.07, 6.45) is 1.98. The molecule has 6 heteroatoms. The van der Waals surface area contributed by atoms with Gasteiger partial charge in [-0.05, 0) is 49.3 Å². The van der Waals surface area contributed by atoms with Gasteiger partial charge in [-0.2, -0.15) is 0 Å². The fourth-order valence-electron chi connectivity index (χ4n) is 2.73. The molecule has 19 heavy (non-hydrogen) atoms. The Morgan fingerprint density at radius 3 is 3.00 bits per heavy atom. The number of nitrogens with one attached hydrogen (secondary N) is 1. The van der Waals surface area contributed by atoms with Gasteiger partial charge in [0.15, 0.2) is 4.77 Å². The Bertz CT molecular complexity index is 694. The fourth-order valence-corrected chi connectivity index (χ4v) is 3.93. The molecule has 4 nitrogen and oxygen atoms in total. The number of fused-ring (bicyclic) bond motifs is 1. The number of aromatic amines is 1. The highest BCUT2D eigenvalue weighted by Gasteiger charge is 2.24. The van der Waals surface area contributed by atoms with Crippen molar-refractivity contribution in [1.82, 2.24) is 9.55 Å². The monoisotopic (exact) mass is 296 g/mol. The molecule has 2 aromatic heterocycles. The van der Waals surface area contributed by atoms with E-state index in [-0.39, 0.29) is 11.6 Å². The van der Waals surface area contributed by atoms with E-state index in [4.69, 9.17) is 17.0 Å². The summed E-state index contributed by atoms with van der Waals surface area (Å²) in [5.74, 6) is 0.456. The van der Waals surface area contributed by atoms with Gasteiger partial charge in [0.2, 0.25) is 0 Å². The molecule has 0 amide bonds. The normalized spacial score (nSPS) is 18.8. The van der Waals surface area contributed by atoms with Crippen LogP contribution in [0, 0.1) is 10.7 Å². The lowest BCUT2D eigenvalue weighted by Gasteiger charge is -2.29. The van der Waals surface area contributed by atoms with E-state index in [2.05, 4.69) is 11.9 Å². The average Bonchev–Trinajstić information content (AvgIpc) is 2.88. The van der Waals surface area contributed by atoms with Crippen molar-refractivity contribution in [3.63, 3.8) is 0 Å². The lowest BCUT2D eigenvalue weighted by atomic mass is 9.93. The number of aromatic nitrogens is 2. The molecule has 1 atom stereocenters. The molecule has 2 aromatic rings. The molecule has 1 fully saturated rings. The minimum atomic E-state index is 0.0268. The molecule has 0 saturated carbocycles. The number of hydrogen-bond acceptors (Lipinski definition) is 4. The minimum Gasteiger partial charge on any atom is -0.381 e. The third-order valence-corrected chi connectivity index (χ3v) is 5.04. The maximum absolute atomic E-state index is 12.5. The topological polar surface area (TPSA) is 47.0 Å². The zero-order valence-electron chi connectivity index (χ0n) is 10.7. The number of thiophene rings is 1. The number of ether oxygens (including phenoxy) is 1. The molecule has 0 bridgehead atoms. The lowest BCUT2D eigenvalue weighted by molar-refractivity contribution is 0.0506. The molecule has 0 radical (unpaired) electrons. The number of nitrogens with zero attached hydrogens (tertiary/aromatic N) is 1. The first-order valence-corrected chi connectivity index (χ1v) is 7.77. The molecule has 0 aliphatic carbocycles. The summed E-state index contributed by atoms with van der Waals surface area (Å²) in [6, 6.07) is 1.98. The summed E-state index contributed by atoms with van der Waals surface area (Å²) < 4.78 is 7.65. The molecule has 102 valence electrons. The first-order chi connectivity index (χ1) is 9.18. The number of hydrogen-bond donors (Lipinski definition) is 1. The molecule has 1 saturated heterocycles. The summed E-state index contributed by atoms with van der Waals surface area (Å²) >= 11 is 6.88. The van der Waals surface area contributed by atoms with Gasteiger partial charge < -0.3 is 9.72 Å². The van der Waals surface area contributed by atoms with Gasteiger partial charge >= 0.3 is 0 Å². The zero-order chi connectivity index (χ0) is 13.4. The first-order valence-electron chi connectivity index (χ1n) is 6.48. The van der Waals surface area contributed by atoms with Crippen LogP contribution in [-0.2, 0) is 4.74 Å². The van der Waals surface area contributed by atoms with Crippen LogP contribution in [0.5, 0.6) is 0 Å². The van der Waals surface area contributed by atoms with Gasteiger partial charge in [-0.1, -0.05) is 0 Å². The molecule has 1 unspecified atom stereocenters. The van der Waals surface area contributed by atoms with Gasteiger partial charge in [0.1, 0.15) is 4.83 Å². The Hall–Kier alpha value is -0.980. The maximum atomic E-state index is 12.5. The Labute approximate surface area is 120 Å². The third kappa shape index (κ3) is 2.28. The van der Waals surface area contributed by atoms with Gasteiger partial charge in [0.25, 0.3) is 5.56 Å². The van der Waals surface area contributed by atoms with E-state index < -0.39 is 0 Å². The highest BCUT2D eigenvalue weighted by molar-refractivity contribution is 7.71. The van der Waals surface area contributed by atoms with E-state index in [0.717, 1.165) is 36.3 Å². The van der Waals surface area contributed by atoms with Gasteiger partial charge in [0, 0.05) is 19.3 Å². The van der Waals surface area contributed by atoms with E-state index >= 15 is 0 Å². The van der Waals surface area contributed by atoms with Crippen LogP contribution in [0.15, 0.2) is 16.2 Å². The second kappa shape index (κ2) is 5.19. The van der Waals surface area contributed by atoms with Crippen LogP contribution in [0.25, 0.3) is 10.2 Å². The second-order valence-corrected chi connectivity index (χ2v) is 6.26. The van der Waals surface area contributed by atoms with Crippen LogP contribution in [0.4, 0.5) is 0 Å². The summed E-state index contributed by atoms with van der Waals surface area (Å²) in [6.45, 7) is 3.64. The van der Waals surface area contributed by atoms with Gasteiger partial charge in [-0.3, -0.25) is 9.36 Å². The Kier molecular flexibility index (Phi) is 3.56. The van der Waals surface area contributed by atoms with E-state index in [0.29, 0.717) is 10.7 Å². The molecule has 0 aromatic carbocycles. The third-order valence-electron chi connectivity index (χ3n) is 3.91. The van der Waals surface area contributed by atoms with E-state index in [1.54, 1.807) is 4.57 Å². The van der Waals surface area contributed by atoms with Crippen molar-refractivity contribution in [2.24, 2.45) is 5.92 Å². The van der Waals surface area contributed by atoms with Crippen LogP contribution >= 0.6 is 23.6 Å². The van der Waals surface area contributed by atoms with E-state index in [1.807, 2.05) is 11.4 Å². The summed E-state index contributed by atoms with van der Waals surface area (Å²) in [5, 5.41) is 2.65. The van der Waals surface area contributed by atoms with Crippen molar-refractivity contribution in [1.29, 1.82) is 0 Å². The largest absolute Gasteiger partial charge is 0.381 e. The fraction of sp³-hybridized carbons (Fsp3) is 0.538. The number of H-pyrrole nitrogens is 1. The SMILES string of the molecule is CC(C1CCOCC1)n1c(=S)[nH]c2sccc2c1=O. The van der Waals surface area contributed by atoms with Crippen molar-refractivity contribution < 1.29 is 4.74 Å². The van der Waals surface area contributed by atoms with Crippen LogP contribution in [0.1, 0.15) is 25.8 Å². The maximum Gasteiger partial charge on any atom is 0.263 e.